The SMILES string of the molecule is COC(=O)[C@H](Cc1ccccc1)NC(=O)CSc1nnc(-c2ccc(N=C(N)N)cc2)o1. The maximum absolute atomic E-state index is 12.4. The number of carbonyl (C=O) groups is 2. The van der Waals surface area contributed by atoms with Crippen molar-refractivity contribution in [1.82, 2.24) is 15.5 Å². The van der Waals surface area contributed by atoms with Crippen LogP contribution in [0.4, 0.5) is 5.69 Å². The quantitative estimate of drug-likeness (QED) is 0.189. The summed E-state index contributed by atoms with van der Waals surface area (Å²) in [5, 5.41) is 10.8. The van der Waals surface area contributed by atoms with Crippen molar-refractivity contribution in [2.75, 3.05) is 12.9 Å². The zero-order valence-corrected chi connectivity index (χ0v) is 18.0. The first-order valence-electron chi connectivity index (χ1n) is 9.52. The number of methoxy groups -OCH3 is 1. The lowest BCUT2D eigenvalue weighted by Gasteiger charge is -2.16. The zero-order valence-electron chi connectivity index (χ0n) is 17.2. The number of carbonyl (C=O) groups excluding carboxylic acids is 2. The summed E-state index contributed by atoms with van der Waals surface area (Å²) in [5.41, 5.74) is 12.9. The average Bonchev–Trinajstić information content (AvgIpc) is 3.26. The van der Waals surface area contributed by atoms with Gasteiger partial charge in [-0.1, -0.05) is 42.1 Å². The van der Waals surface area contributed by atoms with E-state index in [1.807, 2.05) is 30.3 Å². The minimum absolute atomic E-state index is 0.00660. The van der Waals surface area contributed by atoms with Crippen molar-refractivity contribution in [2.24, 2.45) is 16.5 Å². The molecule has 1 heterocycles. The van der Waals surface area contributed by atoms with E-state index in [0.717, 1.165) is 17.3 Å². The summed E-state index contributed by atoms with van der Waals surface area (Å²) in [7, 11) is 1.28. The van der Waals surface area contributed by atoms with Crippen LogP contribution in [-0.4, -0.2) is 46.9 Å². The van der Waals surface area contributed by atoms with Crippen LogP contribution in [0.2, 0.25) is 0 Å². The second-order valence-corrected chi connectivity index (χ2v) is 7.50. The number of rotatable bonds is 9. The van der Waals surface area contributed by atoms with Gasteiger partial charge in [0.15, 0.2) is 5.96 Å². The Kier molecular flexibility index (Phi) is 7.81. The van der Waals surface area contributed by atoms with Gasteiger partial charge in [-0.3, -0.25) is 4.79 Å². The van der Waals surface area contributed by atoms with Crippen LogP contribution >= 0.6 is 11.8 Å². The number of aliphatic imine (C=N–C) groups is 1. The molecule has 0 aliphatic rings. The van der Waals surface area contributed by atoms with Crippen LogP contribution in [0.1, 0.15) is 5.56 Å². The highest BCUT2D eigenvalue weighted by molar-refractivity contribution is 7.99. The topological polar surface area (TPSA) is 159 Å². The highest BCUT2D eigenvalue weighted by Crippen LogP contribution is 2.25. The third-order valence-electron chi connectivity index (χ3n) is 4.21. The summed E-state index contributed by atoms with van der Waals surface area (Å²) in [4.78, 5) is 28.4. The number of nitrogens with two attached hydrogens (primary N) is 2. The lowest BCUT2D eigenvalue weighted by Crippen LogP contribution is -2.43. The molecule has 10 nitrogen and oxygen atoms in total. The van der Waals surface area contributed by atoms with Gasteiger partial charge in [0.1, 0.15) is 6.04 Å². The van der Waals surface area contributed by atoms with Gasteiger partial charge in [0, 0.05) is 12.0 Å². The Morgan fingerprint density at radius 1 is 1.12 bits per heavy atom. The van der Waals surface area contributed by atoms with Gasteiger partial charge < -0.3 is 25.9 Å². The minimum Gasteiger partial charge on any atom is -0.467 e. The molecule has 0 unspecified atom stereocenters. The van der Waals surface area contributed by atoms with Crippen LogP contribution < -0.4 is 16.8 Å². The summed E-state index contributed by atoms with van der Waals surface area (Å²) < 4.78 is 10.4. The largest absolute Gasteiger partial charge is 0.467 e. The average molecular weight is 455 g/mol. The van der Waals surface area contributed by atoms with Gasteiger partial charge in [-0.05, 0) is 29.8 Å². The van der Waals surface area contributed by atoms with Crippen molar-refractivity contribution in [2.45, 2.75) is 17.7 Å². The Morgan fingerprint density at radius 2 is 1.84 bits per heavy atom. The Hall–Kier alpha value is -3.86. The van der Waals surface area contributed by atoms with Crippen LogP contribution in [0.5, 0.6) is 0 Å². The van der Waals surface area contributed by atoms with Gasteiger partial charge >= 0.3 is 5.97 Å². The number of ether oxygens (including phenoxy) is 1. The molecular formula is C21H22N6O4S. The van der Waals surface area contributed by atoms with Gasteiger partial charge in [0.2, 0.25) is 11.8 Å². The Morgan fingerprint density at radius 3 is 2.50 bits per heavy atom. The second-order valence-electron chi connectivity index (χ2n) is 6.58. The van der Waals surface area contributed by atoms with E-state index in [-0.39, 0.29) is 22.8 Å². The van der Waals surface area contributed by atoms with Crippen molar-refractivity contribution in [3.05, 3.63) is 60.2 Å². The molecule has 1 aromatic heterocycles. The molecule has 166 valence electrons. The number of nitrogens with one attached hydrogen (secondary N) is 1. The van der Waals surface area contributed by atoms with Crippen molar-refractivity contribution in [3.63, 3.8) is 0 Å². The number of guanidine groups is 1. The highest BCUT2D eigenvalue weighted by Gasteiger charge is 2.22. The molecule has 0 aliphatic carbocycles. The summed E-state index contributed by atoms with van der Waals surface area (Å²) in [6, 6.07) is 15.5. The molecule has 2 aromatic carbocycles. The van der Waals surface area contributed by atoms with E-state index >= 15 is 0 Å². The lowest BCUT2D eigenvalue weighted by atomic mass is 10.1. The number of esters is 1. The normalized spacial score (nSPS) is 11.4. The van der Waals surface area contributed by atoms with E-state index in [2.05, 4.69) is 20.5 Å². The van der Waals surface area contributed by atoms with Gasteiger partial charge in [-0.2, -0.15) is 0 Å². The number of benzene rings is 2. The molecule has 0 spiro atoms. The van der Waals surface area contributed by atoms with Gasteiger partial charge in [-0.15, -0.1) is 10.2 Å². The molecular weight excluding hydrogens is 432 g/mol. The standard InChI is InChI=1S/C21H22N6O4S/c1-30-19(29)16(11-13-5-3-2-4-6-13)25-17(28)12-32-21-27-26-18(31-21)14-7-9-15(10-8-14)24-20(22)23/h2-10,16H,11-12H2,1H3,(H,25,28)(H4,22,23,24)/t16-/m0/s1. The first-order valence-corrected chi connectivity index (χ1v) is 10.5. The van der Waals surface area contributed by atoms with Crippen LogP contribution in [0, 0.1) is 0 Å². The van der Waals surface area contributed by atoms with Crippen LogP contribution in [-0.2, 0) is 20.7 Å². The molecule has 11 heteroatoms. The monoisotopic (exact) mass is 454 g/mol. The van der Waals surface area contributed by atoms with E-state index < -0.39 is 12.0 Å². The van der Waals surface area contributed by atoms with Crippen molar-refractivity contribution >= 4 is 35.3 Å². The number of nitrogens with zero attached hydrogens (tertiary/aromatic N) is 3. The number of hydrogen-bond donors (Lipinski definition) is 3. The molecule has 0 bridgehead atoms. The van der Waals surface area contributed by atoms with Crippen LogP contribution in [0.25, 0.3) is 11.5 Å². The van der Waals surface area contributed by atoms with E-state index in [1.165, 1.54) is 7.11 Å². The highest BCUT2D eigenvalue weighted by atomic mass is 32.2. The molecule has 3 rings (SSSR count). The van der Waals surface area contributed by atoms with E-state index in [4.69, 9.17) is 20.6 Å². The van der Waals surface area contributed by atoms with Gasteiger partial charge in [0.05, 0.1) is 18.6 Å². The second kappa shape index (κ2) is 11.0. The first-order chi connectivity index (χ1) is 15.4. The molecule has 0 fully saturated rings. The van der Waals surface area contributed by atoms with Gasteiger partial charge in [0.25, 0.3) is 5.22 Å². The molecule has 5 N–H and O–H groups in total. The van der Waals surface area contributed by atoms with Gasteiger partial charge in [-0.25, -0.2) is 9.79 Å². The smallest absolute Gasteiger partial charge is 0.328 e. The molecule has 32 heavy (non-hydrogen) atoms. The minimum atomic E-state index is -0.794. The molecule has 0 radical (unpaired) electrons. The third kappa shape index (κ3) is 6.57. The fraction of sp³-hybridized carbons (Fsp3) is 0.190. The van der Waals surface area contributed by atoms with Crippen molar-refractivity contribution in [3.8, 4) is 11.5 Å². The molecule has 0 aliphatic heterocycles. The molecule has 3 aromatic rings. The fourth-order valence-corrected chi connectivity index (χ4v) is 3.34. The molecule has 0 saturated carbocycles. The number of thioether (sulfide) groups is 1. The van der Waals surface area contributed by atoms with Crippen LogP contribution in [0.15, 0.2) is 69.2 Å². The zero-order chi connectivity index (χ0) is 22.9. The first kappa shape index (κ1) is 22.8. The van der Waals surface area contributed by atoms with E-state index in [0.29, 0.717) is 23.6 Å². The number of amides is 1. The van der Waals surface area contributed by atoms with E-state index in [9.17, 15) is 9.59 Å². The maximum Gasteiger partial charge on any atom is 0.328 e. The number of hydrogen-bond acceptors (Lipinski definition) is 8. The Bertz CT molecular complexity index is 1080. The Balaban J connectivity index is 1.56. The predicted octanol–water partition coefficient (Wildman–Crippen LogP) is 1.63. The molecule has 1 amide bonds. The fourth-order valence-electron chi connectivity index (χ4n) is 2.76. The third-order valence-corrected chi connectivity index (χ3v) is 5.03. The van der Waals surface area contributed by atoms with E-state index in [1.54, 1.807) is 24.3 Å². The molecule has 0 saturated heterocycles. The lowest BCUT2D eigenvalue weighted by molar-refractivity contribution is -0.144. The molecule has 1 atom stereocenters. The van der Waals surface area contributed by atoms with Crippen molar-refractivity contribution in [1.29, 1.82) is 0 Å². The van der Waals surface area contributed by atoms with Crippen molar-refractivity contribution < 1.29 is 18.7 Å². The Labute approximate surface area is 188 Å². The predicted molar refractivity (Wildman–Crippen MR) is 120 cm³/mol. The van der Waals surface area contributed by atoms with Crippen LogP contribution in [0.3, 0.4) is 0 Å². The summed E-state index contributed by atoms with van der Waals surface area (Å²) in [5.74, 6) is -0.627. The summed E-state index contributed by atoms with van der Waals surface area (Å²) >= 11 is 1.06. The maximum atomic E-state index is 12.4. The number of aromatic nitrogens is 2. The summed E-state index contributed by atoms with van der Waals surface area (Å²) in [6.45, 7) is 0. The summed E-state index contributed by atoms with van der Waals surface area (Å²) in [6.07, 6.45) is 0.324.